The van der Waals surface area contributed by atoms with Crippen molar-refractivity contribution in [2.75, 3.05) is 19.0 Å². The van der Waals surface area contributed by atoms with Crippen LogP contribution in [0, 0.1) is 0 Å². The quantitative estimate of drug-likeness (QED) is 0.769. The number of carboxylic acids is 1. The predicted octanol–water partition coefficient (Wildman–Crippen LogP) is 2.05. The number of carbonyl (C=O) groups excluding carboxylic acids is 1. The van der Waals surface area contributed by atoms with Gasteiger partial charge in [-0.3, -0.25) is 4.79 Å². The van der Waals surface area contributed by atoms with E-state index in [1.165, 1.54) is 0 Å². The molecule has 116 valence electrons. The third kappa shape index (κ3) is 5.85. The monoisotopic (exact) mass is 292 g/mol. The molecule has 0 saturated heterocycles. The zero-order valence-electron chi connectivity index (χ0n) is 12.9. The molecule has 1 amide bonds. The Kier molecular flexibility index (Phi) is 6.72. The number of carboxylic acid groups (broad SMARTS) is 1. The Morgan fingerprint density at radius 3 is 2.33 bits per heavy atom. The summed E-state index contributed by atoms with van der Waals surface area (Å²) in [6, 6.07) is 7.21. The largest absolute Gasteiger partial charge is 0.480 e. The average molecular weight is 292 g/mol. The van der Waals surface area contributed by atoms with Crippen LogP contribution in [0.1, 0.15) is 31.7 Å². The zero-order valence-corrected chi connectivity index (χ0v) is 12.9. The third-order valence-electron chi connectivity index (χ3n) is 3.30. The number of nitrogens with one attached hydrogen (secondary N) is 1. The topological polar surface area (TPSA) is 69.6 Å². The van der Waals surface area contributed by atoms with Crippen LogP contribution in [-0.4, -0.2) is 37.1 Å². The van der Waals surface area contributed by atoms with Gasteiger partial charge in [0.2, 0.25) is 5.91 Å². The van der Waals surface area contributed by atoms with E-state index in [0.717, 1.165) is 17.7 Å². The molecule has 0 unspecified atom stereocenters. The third-order valence-corrected chi connectivity index (χ3v) is 3.30. The highest BCUT2D eigenvalue weighted by Crippen LogP contribution is 2.13. The van der Waals surface area contributed by atoms with Gasteiger partial charge in [0, 0.05) is 26.2 Å². The van der Waals surface area contributed by atoms with Gasteiger partial charge in [-0.1, -0.05) is 25.5 Å². The number of benzene rings is 1. The molecule has 0 fully saturated rings. The van der Waals surface area contributed by atoms with Crippen molar-refractivity contribution in [1.82, 2.24) is 5.32 Å². The molecular formula is C16H24N2O3. The number of carbonyl (C=O) groups is 2. The number of anilines is 1. The Hall–Kier alpha value is -2.04. The zero-order chi connectivity index (χ0) is 15.8. The number of rotatable bonds is 8. The molecule has 1 rings (SSSR count). The first-order valence-corrected chi connectivity index (χ1v) is 7.22. The van der Waals surface area contributed by atoms with Crippen molar-refractivity contribution in [3.8, 4) is 0 Å². The fraction of sp³-hybridized carbons (Fsp3) is 0.500. The van der Waals surface area contributed by atoms with Crippen LogP contribution < -0.4 is 10.2 Å². The van der Waals surface area contributed by atoms with Gasteiger partial charge < -0.3 is 15.3 Å². The summed E-state index contributed by atoms with van der Waals surface area (Å²) in [5, 5.41) is 11.6. The van der Waals surface area contributed by atoms with E-state index in [-0.39, 0.29) is 5.91 Å². The summed E-state index contributed by atoms with van der Waals surface area (Å²) in [4.78, 5) is 24.8. The van der Waals surface area contributed by atoms with Crippen molar-refractivity contribution in [2.24, 2.45) is 0 Å². The van der Waals surface area contributed by atoms with Gasteiger partial charge >= 0.3 is 5.97 Å². The fourth-order valence-electron chi connectivity index (χ4n) is 2.03. The Morgan fingerprint density at radius 1 is 1.24 bits per heavy atom. The molecule has 0 bridgehead atoms. The number of nitrogens with zero attached hydrogens (tertiary/aromatic N) is 1. The number of aryl methyl sites for hydroxylation is 1. The van der Waals surface area contributed by atoms with E-state index < -0.39 is 12.0 Å². The summed E-state index contributed by atoms with van der Waals surface area (Å²) in [5.74, 6) is -1.19. The van der Waals surface area contributed by atoms with Gasteiger partial charge in [0.15, 0.2) is 0 Å². The molecule has 0 heterocycles. The number of hydrogen-bond acceptors (Lipinski definition) is 3. The van der Waals surface area contributed by atoms with Gasteiger partial charge in [0.1, 0.15) is 6.04 Å². The highest BCUT2D eigenvalue weighted by molar-refractivity contribution is 5.83. The molecule has 2 N–H and O–H groups in total. The van der Waals surface area contributed by atoms with Gasteiger partial charge in [-0.25, -0.2) is 4.79 Å². The lowest BCUT2D eigenvalue weighted by molar-refractivity contribution is -0.142. The summed E-state index contributed by atoms with van der Waals surface area (Å²) in [6.45, 7) is 1.90. The molecule has 1 aromatic carbocycles. The van der Waals surface area contributed by atoms with E-state index in [2.05, 4.69) is 5.32 Å². The lowest BCUT2D eigenvalue weighted by atomic mass is 10.1. The van der Waals surface area contributed by atoms with E-state index in [1.54, 1.807) is 0 Å². The Balaban J connectivity index is 2.46. The van der Waals surface area contributed by atoms with Crippen LogP contribution in [0.3, 0.4) is 0 Å². The number of aliphatic carboxylic acids is 1. The van der Waals surface area contributed by atoms with Crippen LogP contribution >= 0.6 is 0 Å². The molecule has 0 spiro atoms. The van der Waals surface area contributed by atoms with E-state index in [0.29, 0.717) is 19.3 Å². The van der Waals surface area contributed by atoms with E-state index >= 15 is 0 Å². The second-order valence-electron chi connectivity index (χ2n) is 5.31. The maximum absolute atomic E-state index is 11.8. The van der Waals surface area contributed by atoms with E-state index in [9.17, 15) is 9.59 Å². The number of amides is 1. The minimum atomic E-state index is -0.972. The first-order chi connectivity index (χ1) is 9.93. The first kappa shape index (κ1) is 17.0. The maximum Gasteiger partial charge on any atom is 0.326 e. The van der Waals surface area contributed by atoms with Crippen molar-refractivity contribution in [3.05, 3.63) is 29.8 Å². The summed E-state index contributed by atoms with van der Waals surface area (Å²) in [6.07, 6.45) is 2.09. The molecular weight excluding hydrogens is 268 g/mol. The molecule has 21 heavy (non-hydrogen) atoms. The smallest absolute Gasteiger partial charge is 0.326 e. The van der Waals surface area contributed by atoms with Crippen LogP contribution in [0.4, 0.5) is 5.69 Å². The second-order valence-corrected chi connectivity index (χ2v) is 5.31. The van der Waals surface area contributed by atoms with Gasteiger partial charge in [-0.15, -0.1) is 0 Å². The molecule has 0 saturated carbocycles. The van der Waals surface area contributed by atoms with Gasteiger partial charge in [-0.2, -0.15) is 0 Å². The van der Waals surface area contributed by atoms with Crippen LogP contribution in [-0.2, 0) is 16.0 Å². The van der Waals surface area contributed by atoms with Crippen LogP contribution in [0.2, 0.25) is 0 Å². The lowest BCUT2D eigenvalue weighted by Crippen LogP contribution is -2.40. The molecule has 0 aliphatic heterocycles. The highest BCUT2D eigenvalue weighted by atomic mass is 16.4. The summed E-state index contributed by atoms with van der Waals surface area (Å²) in [7, 11) is 3.95. The van der Waals surface area contributed by atoms with Crippen molar-refractivity contribution in [2.45, 2.75) is 38.6 Å². The highest BCUT2D eigenvalue weighted by Gasteiger charge is 2.18. The average Bonchev–Trinajstić information content (AvgIpc) is 2.45. The molecule has 1 aromatic rings. The van der Waals surface area contributed by atoms with Gasteiger partial charge in [0.25, 0.3) is 0 Å². The Labute approximate surface area is 126 Å². The van der Waals surface area contributed by atoms with E-state index in [1.807, 2.05) is 50.2 Å². The van der Waals surface area contributed by atoms with Crippen LogP contribution in [0.25, 0.3) is 0 Å². The molecule has 0 aliphatic rings. The van der Waals surface area contributed by atoms with Crippen LogP contribution in [0.5, 0.6) is 0 Å². The summed E-state index contributed by atoms with van der Waals surface area (Å²) >= 11 is 0. The van der Waals surface area contributed by atoms with Gasteiger partial charge in [-0.05, 0) is 30.5 Å². The van der Waals surface area contributed by atoms with Crippen molar-refractivity contribution < 1.29 is 14.7 Å². The van der Waals surface area contributed by atoms with Crippen molar-refractivity contribution in [1.29, 1.82) is 0 Å². The molecule has 5 heteroatoms. The van der Waals surface area contributed by atoms with Crippen molar-refractivity contribution in [3.63, 3.8) is 0 Å². The standard InChI is InChI=1S/C16H24N2O3/c1-4-5-14(16(20)21)17-15(19)11-8-12-6-9-13(10-7-12)18(2)3/h6-7,9-10,14H,4-5,8,11H2,1-3H3,(H,17,19)(H,20,21)/t14-/m1/s1. The Morgan fingerprint density at radius 2 is 1.86 bits per heavy atom. The Bertz CT molecular complexity index is 469. The summed E-state index contributed by atoms with van der Waals surface area (Å²) in [5.41, 5.74) is 2.18. The maximum atomic E-state index is 11.8. The SMILES string of the molecule is CCC[C@@H](NC(=O)CCc1ccc(N(C)C)cc1)C(=O)O. The number of hydrogen-bond donors (Lipinski definition) is 2. The molecule has 0 aromatic heterocycles. The minimum absolute atomic E-state index is 0.215. The second kappa shape index (κ2) is 8.29. The normalized spacial score (nSPS) is 11.8. The van der Waals surface area contributed by atoms with Crippen molar-refractivity contribution >= 4 is 17.6 Å². The van der Waals surface area contributed by atoms with Gasteiger partial charge in [0.05, 0.1) is 0 Å². The fourth-order valence-corrected chi connectivity index (χ4v) is 2.03. The minimum Gasteiger partial charge on any atom is -0.480 e. The molecule has 0 radical (unpaired) electrons. The van der Waals surface area contributed by atoms with E-state index in [4.69, 9.17) is 5.11 Å². The first-order valence-electron chi connectivity index (χ1n) is 7.22. The predicted molar refractivity (Wildman–Crippen MR) is 83.6 cm³/mol. The molecule has 5 nitrogen and oxygen atoms in total. The lowest BCUT2D eigenvalue weighted by Gasteiger charge is -2.14. The van der Waals surface area contributed by atoms with Crippen LogP contribution in [0.15, 0.2) is 24.3 Å². The molecule has 0 aliphatic carbocycles. The summed E-state index contributed by atoms with van der Waals surface area (Å²) < 4.78 is 0. The molecule has 1 atom stereocenters.